The van der Waals surface area contributed by atoms with Crippen LogP contribution in [0.4, 0.5) is 8.78 Å². The van der Waals surface area contributed by atoms with Crippen molar-refractivity contribution in [1.29, 1.82) is 0 Å². The van der Waals surface area contributed by atoms with E-state index >= 15 is 0 Å². The van der Waals surface area contributed by atoms with E-state index in [4.69, 9.17) is 4.74 Å². The zero-order valence-electron chi connectivity index (χ0n) is 15.4. The summed E-state index contributed by atoms with van der Waals surface area (Å²) >= 11 is 1.47. The summed E-state index contributed by atoms with van der Waals surface area (Å²) in [6, 6.07) is 1.91. The van der Waals surface area contributed by atoms with Gasteiger partial charge in [-0.05, 0) is 24.5 Å². The SMILES string of the molecule is CC(=O)N1CCC2(CC1)OCCc1sc(C(=O)N3CCC(F)(F)CC3)cc12. The van der Waals surface area contributed by atoms with Crippen LogP contribution in [0.3, 0.4) is 0 Å². The third-order valence-electron chi connectivity index (χ3n) is 6.02. The van der Waals surface area contributed by atoms with Crippen LogP contribution in [0.15, 0.2) is 6.07 Å². The molecule has 1 aromatic rings. The minimum Gasteiger partial charge on any atom is -0.370 e. The minimum absolute atomic E-state index is 0.0731. The number of alkyl halides is 2. The Labute approximate surface area is 161 Å². The first kappa shape index (κ1) is 18.8. The molecule has 0 radical (unpaired) electrons. The van der Waals surface area contributed by atoms with Crippen molar-refractivity contribution in [3.8, 4) is 0 Å². The number of carbonyl (C=O) groups is 2. The highest BCUT2D eigenvalue weighted by Crippen LogP contribution is 2.45. The van der Waals surface area contributed by atoms with Gasteiger partial charge in [-0.25, -0.2) is 8.78 Å². The third-order valence-corrected chi connectivity index (χ3v) is 7.20. The Morgan fingerprint density at radius 2 is 1.70 bits per heavy atom. The first-order valence-corrected chi connectivity index (χ1v) is 10.3. The van der Waals surface area contributed by atoms with E-state index in [0.717, 1.165) is 29.7 Å². The van der Waals surface area contributed by atoms with Gasteiger partial charge in [0.2, 0.25) is 5.91 Å². The van der Waals surface area contributed by atoms with Crippen LogP contribution in [-0.4, -0.2) is 60.3 Å². The number of thiophene rings is 1. The fourth-order valence-electron chi connectivity index (χ4n) is 4.31. The van der Waals surface area contributed by atoms with Crippen LogP contribution in [0.5, 0.6) is 0 Å². The summed E-state index contributed by atoms with van der Waals surface area (Å²) < 4.78 is 32.9. The number of piperidine rings is 2. The lowest BCUT2D eigenvalue weighted by atomic mass is 9.82. The first-order valence-electron chi connectivity index (χ1n) is 9.49. The molecule has 2 saturated heterocycles. The topological polar surface area (TPSA) is 49.9 Å². The molecule has 5 nitrogen and oxygen atoms in total. The van der Waals surface area contributed by atoms with E-state index in [0.29, 0.717) is 24.6 Å². The lowest BCUT2D eigenvalue weighted by molar-refractivity contribution is -0.138. The van der Waals surface area contributed by atoms with Crippen molar-refractivity contribution in [2.45, 2.75) is 50.6 Å². The number of likely N-dealkylation sites (tertiary alicyclic amines) is 2. The molecule has 3 aliphatic heterocycles. The Kier molecular flexibility index (Phi) is 4.74. The van der Waals surface area contributed by atoms with E-state index in [9.17, 15) is 18.4 Å². The number of hydrogen-bond acceptors (Lipinski definition) is 4. The standard InChI is InChI=1S/C19H24F2N2O3S/c1-13(24)22-7-3-18(4-8-22)14-12-16(27-15(14)2-11-26-18)17(25)23-9-5-19(20,21)6-10-23/h12H,2-11H2,1H3. The Morgan fingerprint density at radius 1 is 1.07 bits per heavy atom. The van der Waals surface area contributed by atoms with Gasteiger partial charge in [0.05, 0.1) is 17.1 Å². The highest BCUT2D eigenvalue weighted by molar-refractivity contribution is 7.14. The van der Waals surface area contributed by atoms with Crippen molar-refractivity contribution in [2.75, 3.05) is 32.8 Å². The number of nitrogens with zero attached hydrogens (tertiary/aromatic N) is 2. The second-order valence-corrected chi connectivity index (χ2v) is 8.83. The molecule has 3 aliphatic rings. The Morgan fingerprint density at radius 3 is 2.33 bits per heavy atom. The van der Waals surface area contributed by atoms with Gasteiger partial charge < -0.3 is 14.5 Å². The van der Waals surface area contributed by atoms with Gasteiger partial charge in [0.1, 0.15) is 0 Å². The number of ether oxygens (including phenoxy) is 1. The van der Waals surface area contributed by atoms with Crippen LogP contribution in [0, 0.1) is 0 Å². The van der Waals surface area contributed by atoms with Gasteiger partial charge in [-0.1, -0.05) is 0 Å². The largest absolute Gasteiger partial charge is 0.370 e. The average molecular weight is 398 g/mol. The Bertz CT molecular complexity index is 746. The summed E-state index contributed by atoms with van der Waals surface area (Å²) in [4.78, 5) is 29.6. The number of fused-ring (bicyclic) bond motifs is 2. The van der Waals surface area contributed by atoms with Crippen molar-refractivity contribution < 1.29 is 23.1 Å². The third kappa shape index (κ3) is 3.49. The van der Waals surface area contributed by atoms with Crippen LogP contribution < -0.4 is 0 Å². The van der Waals surface area contributed by atoms with Gasteiger partial charge in [-0.2, -0.15) is 0 Å². The second-order valence-electron chi connectivity index (χ2n) is 7.69. The summed E-state index contributed by atoms with van der Waals surface area (Å²) in [6.07, 6.45) is 1.68. The monoisotopic (exact) mass is 398 g/mol. The maximum Gasteiger partial charge on any atom is 0.263 e. The molecule has 4 rings (SSSR count). The molecule has 0 saturated carbocycles. The molecule has 8 heteroatoms. The summed E-state index contributed by atoms with van der Waals surface area (Å²) in [5.41, 5.74) is 0.636. The van der Waals surface area contributed by atoms with Crippen LogP contribution in [0.2, 0.25) is 0 Å². The summed E-state index contributed by atoms with van der Waals surface area (Å²) in [5.74, 6) is -2.74. The lowest BCUT2D eigenvalue weighted by Gasteiger charge is -2.43. The van der Waals surface area contributed by atoms with Crippen LogP contribution in [-0.2, 0) is 21.6 Å². The smallest absolute Gasteiger partial charge is 0.263 e. The van der Waals surface area contributed by atoms with Crippen molar-refractivity contribution in [3.63, 3.8) is 0 Å². The van der Waals surface area contributed by atoms with Gasteiger partial charge >= 0.3 is 0 Å². The van der Waals surface area contributed by atoms with E-state index in [1.165, 1.54) is 11.3 Å². The van der Waals surface area contributed by atoms with Crippen molar-refractivity contribution in [2.24, 2.45) is 0 Å². The van der Waals surface area contributed by atoms with E-state index < -0.39 is 11.5 Å². The Hall–Kier alpha value is -1.54. The molecule has 4 heterocycles. The fraction of sp³-hybridized carbons (Fsp3) is 0.684. The molecule has 0 aromatic carbocycles. The predicted octanol–water partition coefficient (Wildman–Crippen LogP) is 3.03. The van der Waals surface area contributed by atoms with Crippen LogP contribution in [0.25, 0.3) is 0 Å². The molecule has 1 aromatic heterocycles. The molecule has 2 fully saturated rings. The van der Waals surface area contributed by atoms with E-state index in [2.05, 4.69) is 0 Å². The first-order chi connectivity index (χ1) is 12.8. The van der Waals surface area contributed by atoms with Gasteiger partial charge in [-0.3, -0.25) is 9.59 Å². The number of hydrogen-bond donors (Lipinski definition) is 0. The predicted molar refractivity (Wildman–Crippen MR) is 97.2 cm³/mol. The minimum atomic E-state index is -2.66. The molecule has 27 heavy (non-hydrogen) atoms. The fourth-order valence-corrected chi connectivity index (χ4v) is 5.51. The molecular formula is C19H24F2N2O3S. The quantitative estimate of drug-likeness (QED) is 0.731. The summed E-state index contributed by atoms with van der Waals surface area (Å²) in [5, 5.41) is 0. The highest BCUT2D eigenvalue weighted by atomic mass is 32.1. The van der Waals surface area contributed by atoms with Crippen molar-refractivity contribution in [3.05, 3.63) is 21.4 Å². The number of carbonyl (C=O) groups excluding carboxylic acids is 2. The number of amides is 2. The molecule has 2 amide bonds. The van der Waals surface area contributed by atoms with Crippen LogP contribution in [0.1, 0.15) is 52.7 Å². The molecule has 1 spiro atoms. The molecule has 0 N–H and O–H groups in total. The van der Waals surface area contributed by atoms with Crippen molar-refractivity contribution in [1.82, 2.24) is 9.80 Å². The normalized spacial score (nSPS) is 24.0. The molecule has 0 atom stereocenters. The molecule has 0 bridgehead atoms. The second kappa shape index (κ2) is 6.81. The van der Waals surface area contributed by atoms with Crippen LogP contribution >= 0.6 is 11.3 Å². The zero-order valence-corrected chi connectivity index (χ0v) is 16.2. The molecular weight excluding hydrogens is 374 g/mol. The maximum atomic E-state index is 13.4. The Balaban J connectivity index is 1.53. The van der Waals surface area contributed by atoms with Crippen molar-refractivity contribution >= 4 is 23.2 Å². The van der Waals surface area contributed by atoms with Gasteiger partial charge in [0.25, 0.3) is 11.8 Å². The van der Waals surface area contributed by atoms with E-state index in [1.54, 1.807) is 11.8 Å². The number of halogens is 2. The van der Waals surface area contributed by atoms with E-state index in [-0.39, 0.29) is 37.7 Å². The summed E-state index contributed by atoms with van der Waals surface area (Å²) in [7, 11) is 0. The lowest BCUT2D eigenvalue weighted by Crippen LogP contribution is -2.47. The molecule has 0 unspecified atom stereocenters. The van der Waals surface area contributed by atoms with E-state index in [1.807, 2.05) is 11.0 Å². The van der Waals surface area contributed by atoms with Gasteiger partial charge in [0, 0.05) is 57.2 Å². The average Bonchev–Trinajstić information content (AvgIpc) is 3.08. The highest BCUT2D eigenvalue weighted by Gasteiger charge is 2.43. The maximum absolute atomic E-state index is 13.4. The van der Waals surface area contributed by atoms with Gasteiger partial charge in [0.15, 0.2) is 0 Å². The number of rotatable bonds is 1. The molecule has 148 valence electrons. The zero-order chi connectivity index (χ0) is 19.2. The molecule has 0 aliphatic carbocycles. The summed E-state index contributed by atoms with van der Waals surface area (Å²) in [6.45, 7) is 3.68. The van der Waals surface area contributed by atoms with Gasteiger partial charge in [-0.15, -0.1) is 11.3 Å².